The van der Waals surface area contributed by atoms with Crippen LogP contribution in [0.15, 0.2) is 36.5 Å². The smallest absolute Gasteiger partial charge is 0.355 e. The minimum Gasteiger partial charge on any atom is -0.476 e. The van der Waals surface area contributed by atoms with Crippen LogP contribution in [0, 0.1) is 5.92 Å². The van der Waals surface area contributed by atoms with Crippen LogP contribution in [0.5, 0.6) is 0 Å². The first-order valence-electron chi connectivity index (χ1n) is 8.36. The van der Waals surface area contributed by atoms with E-state index in [4.69, 9.17) is 0 Å². The SMILES string of the molecule is CCCc1cnc(C(=O)O)c(-c2ccc(C[C@@H](C)CC)cc2)c1. The first-order valence-corrected chi connectivity index (χ1v) is 8.36. The number of hydrogen-bond acceptors (Lipinski definition) is 2. The Morgan fingerprint density at radius 1 is 1.17 bits per heavy atom. The van der Waals surface area contributed by atoms with Crippen molar-refractivity contribution in [2.75, 3.05) is 0 Å². The third-order valence-electron chi connectivity index (χ3n) is 4.23. The second-order valence-corrected chi connectivity index (χ2v) is 6.21. The minimum atomic E-state index is -0.980. The topological polar surface area (TPSA) is 50.2 Å². The number of carbonyl (C=O) groups is 1. The lowest BCUT2D eigenvalue weighted by Gasteiger charge is -2.11. The molecule has 0 fully saturated rings. The molecule has 1 heterocycles. The molecule has 1 N–H and O–H groups in total. The van der Waals surface area contributed by atoms with Gasteiger partial charge in [-0.1, -0.05) is 57.9 Å². The molecule has 3 nitrogen and oxygen atoms in total. The largest absolute Gasteiger partial charge is 0.476 e. The number of aromatic carboxylic acids is 1. The van der Waals surface area contributed by atoms with E-state index in [0.717, 1.165) is 36.8 Å². The number of rotatable bonds is 7. The molecule has 0 saturated carbocycles. The summed E-state index contributed by atoms with van der Waals surface area (Å²) in [7, 11) is 0. The van der Waals surface area contributed by atoms with Crippen LogP contribution in [-0.4, -0.2) is 16.1 Å². The third-order valence-corrected chi connectivity index (χ3v) is 4.23. The second kappa shape index (κ2) is 7.91. The predicted octanol–water partition coefficient (Wildman–Crippen LogP) is 4.99. The molecule has 1 aromatic heterocycles. The first kappa shape index (κ1) is 17.2. The standard InChI is InChI=1S/C20H25NO2/c1-4-6-16-12-18(19(20(22)23)21-13-16)17-9-7-15(8-10-17)11-14(3)5-2/h7-10,12-14H,4-6,11H2,1-3H3,(H,22,23)/t14-/m0/s1. The van der Waals surface area contributed by atoms with Crippen molar-refractivity contribution >= 4 is 5.97 Å². The van der Waals surface area contributed by atoms with E-state index in [2.05, 4.69) is 37.9 Å². The van der Waals surface area contributed by atoms with Gasteiger partial charge in [-0.2, -0.15) is 0 Å². The van der Waals surface area contributed by atoms with E-state index in [0.29, 0.717) is 11.5 Å². The molecule has 1 atom stereocenters. The quantitative estimate of drug-likeness (QED) is 0.784. The van der Waals surface area contributed by atoms with Crippen LogP contribution in [0.4, 0.5) is 0 Å². The number of aromatic nitrogens is 1. The Morgan fingerprint density at radius 2 is 1.87 bits per heavy atom. The van der Waals surface area contributed by atoms with Gasteiger partial charge in [0.05, 0.1) is 0 Å². The lowest BCUT2D eigenvalue weighted by atomic mass is 9.95. The number of carboxylic acid groups (broad SMARTS) is 1. The Balaban J connectivity index is 2.35. The third kappa shape index (κ3) is 4.41. The summed E-state index contributed by atoms with van der Waals surface area (Å²) in [6.45, 7) is 6.55. The lowest BCUT2D eigenvalue weighted by molar-refractivity contribution is 0.0691. The summed E-state index contributed by atoms with van der Waals surface area (Å²) in [4.78, 5) is 15.6. The van der Waals surface area contributed by atoms with Crippen molar-refractivity contribution in [3.8, 4) is 11.1 Å². The Morgan fingerprint density at radius 3 is 2.43 bits per heavy atom. The Kier molecular flexibility index (Phi) is 5.91. The van der Waals surface area contributed by atoms with Crippen LogP contribution in [0.2, 0.25) is 0 Å². The summed E-state index contributed by atoms with van der Waals surface area (Å²) >= 11 is 0. The van der Waals surface area contributed by atoms with Gasteiger partial charge in [0.15, 0.2) is 5.69 Å². The number of carboxylic acids is 1. The van der Waals surface area contributed by atoms with E-state index < -0.39 is 5.97 Å². The molecule has 0 aliphatic carbocycles. The van der Waals surface area contributed by atoms with Crippen LogP contribution in [0.25, 0.3) is 11.1 Å². The van der Waals surface area contributed by atoms with E-state index in [1.54, 1.807) is 6.20 Å². The van der Waals surface area contributed by atoms with Gasteiger partial charge < -0.3 is 5.11 Å². The molecular formula is C20H25NO2. The molecule has 0 bridgehead atoms. The molecule has 1 aromatic carbocycles. The predicted molar refractivity (Wildman–Crippen MR) is 93.8 cm³/mol. The van der Waals surface area contributed by atoms with Gasteiger partial charge in [-0.05, 0) is 41.5 Å². The average molecular weight is 311 g/mol. The number of nitrogens with zero attached hydrogens (tertiary/aromatic N) is 1. The highest BCUT2D eigenvalue weighted by Gasteiger charge is 2.14. The molecule has 0 saturated heterocycles. The molecule has 3 heteroatoms. The van der Waals surface area contributed by atoms with Crippen molar-refractivity contribution in [2.45, 2.75) is 46.5 Å². The zero-order valence-corrected chi connectivity index (χ0v) is 14.2. The van der Waals surface area contributed by atoms with E-state index in [1.165, 1.54) is 5.56 Å². The summed E-state index contributed by atoms with van der Waals surface area (Å²) in [6, 6.07) is 10.2. The molecule has 2 aromatic rings. The van der Waals surface area contributed by atoms with Gasteiger partial charge in [-0.15, -0.1) is 0 Å². The van der Waals surface area contributed by atoms with Crippen molar-refractivity contribution < 1.29 is 9.90 Å². The van der Waals surface area contributed by atoms with E-state index in [1.807, 2.05) is 18.2 Å². The summed E-state index contributed by atoms with van der Waals surface area (Å²) in [5.74, 6) is -0.322. The molecule has 23 heavy (non-hydrogen) atoms. The van der Waals surface area contributed by atoms with Gasteiger partial charge in [-0.3, -0.25) is 0 Å². The van der Waals surface area contributed by atoms with Crippen molar-refractivity contribution in [2.24, 2.45) is 5.92 Å². The van der Waals surface area contributed by atoms with Gasteiger partial charge in [0.25, 0.3) is 0 Å². The molecule has 0 aliphatic heterocycles. The van der Waals surface area contributed by atoms with Gasteiger partial charge in [0.2, 0.25) is 0 Å². The maximum atomic E-state index is 11.5. The highest BCUT2D eigenvalue weighted by molar-refractivity contribution is 5.94. The van der Waals surface area contributed by atoms with Crippen LogP contribution in [0.1, 0.15) is 55.2 Å². The van der Waals surface area contributed by atoms with Crippen LogP contribution in [-0.2, 0) is 12.8 Å². The molecule has 122 valence electrons. The second-order valence-electron chi connectivity index (χ2n) is 6.21. The van der Waals surface area contributed by atoms with Crippen molar-refractivity contribution in [3.63, 3.8) is 0 Å². The van der Waals surface area contributed by atoms with Crippen molar-refractivity contribution in [3.05, 3.63) is 53.3 Å². The molecule has 0 spiro atoms. The summed E-state index contributed by atoms with van der Waals surface area (Å²) in [6.07, 6.45) is 5.81. The molecule has 0 radical (unpaired) electrons. The zero-order valence-electron chi connectivity index (χ0n) is 14.2. The minimum absolute atomic E-state index is 0.125. The van der Waals surface area contributed by atoms with E-state index in [9.17, 15) is 9.90 Å². The van der Waals surface area contributed by atoms with Crippen molar-refractivity contribution in [1.29, 1.82) is 0 Å². The fourth-order valence-corrected chi connectivity index (χ4v) is 2.69. The first-order chi connectivity index (χ1) is 11.0. The number of benzene rings is 1. The van der Waals surface area contributed by atoms with E-state index in [-0.39, 0.29) is 5.69 Å². The van der Waals surface area contributed by atoms with Gasteiger partial charge >= 0.3 is 5.97 Å². The Labute approximate surface area is 138 Å². The number of hydrogen-bond donors (Lipinski definition) is 1. The maximum absolute atomic E-state index is 11.5. The monoisotopic (exact) mass is 311 g/mol. The molecule has 0 amide bonds. The van der Waals surface area contributed by atoms with Crippen molar-refractivity contribution in [1.82, 2.24) is 4.98 Å². The summed E-state index contributed by atoms with van der Waals surface area (Å²) in [5.41, 5.74) is 4.12. The average Bonchev–Trinajstić information content (AvgIpc) is 2.55. The molecule has 0 aliphatic rings. The maximum Gasteiger partial charge on any atom is 0.355 e. The number of pyridine rings is 1. The Hall–Kier alpha value is -2.16. The zero-order chi connectivity index (χ0) is 16.8. The fourth-order valence-electron chi connectivity index (χ4n) is 2.69. The normalized spacial score (nSPS) is 12.1. The van der Waals surface area contributed by atoms with Crippen LogP contribution >= 0.6 is 0 Å². The Bertz CT molecular complexity index is 662. The highest BCUT2D eigenvalue weighted by Crippen LogP contribution is 2.25. The van der Waals surface area contributed by atoms with Gasteiger partial charge in [-0.25, -0.2) is 9.78 Å². The van der Waals surface area contributed by atoms with Gasteiger partial charge in [0.1, 0.15) is 0 Å². The van der Waals surface area contributed by atoms with Gasteiger partial charge in [0, 0.05) is 11.8 Å². The summed E-state index contributed by atoms with van der Waals surface area (Å²) in [5, 5.41) is 9.39. The lowest BCUT2D eigenvalue weighted by Crippen LogP contribution is -2.04. The van der Waals surface area contributed by atoms with Crippen LogP contribution in [0.3, 0.4) is 0 Å². The number of aryl methyl sites for hydroxylation is 1. The van der Waals surface area contributed by atoms with E-state index >= 15 is 0 Å². The molecule has 2 rings (SSSR count). The van der Waals surface area contributed by atoms with Crippen LogP contribution < -0.4 is 0 Å². The summed E-state index contributed by atoms with van der Waals surface area (Å²) < 4.78 is 0. The highest BCUT2D eigenvalue weighted by atomic mass is 16.4. The fraction of sp³-hybridized carbons (Fsp3) is 0.400. The molecular weight excluding hydrogens is 286 g/mol. The molecule has 0 unspecified atom stereocenters.